The summed E-state index contributed by atoms with van der Waals surface area (Å²) in [5.74, 6) is 1.84. The lowest BCUT2D eigenvalue weighted by Gasteiger charge is -2.31. The molecule has 0 unspecified atom stereocenters. The van der Waals surface area contributed by atoms with Gasteiger partial charge in [-0.1, -0.05) is 91.8 Å². The maximum Gasteiger partial charge on any atom is 0.0658 e. The van der Waals surface area contributed by atoms with Gasteiger partial charge in [0.2, 0.25) is 0 Å². The molecular weight excluding hydrogens is 354 g/mol. The molecular formula is C26H37N3. The molecule has 1 aliphatic heterocycles. The molecule has 0 bridgehead atoms. The normalized spacial score (nSPS) is 14.3. The van der Waals surface area contributed by atoms with Gasteiger partial charge in [-0.3, -0.25) is 10.0 Å². The van der Waals surface area contributed by atoms with Crippen LogP contribution in [0, 0.1) is 0 Å². The lowest BCUT2D eigenvalue weighted by atomic mass is 9.92. The van der Waals surface area contributed by atoms with Crippen molar-refractivity contribution in [1.29, 1.82) is 0 Å². The number of hydrogen-bond donors (Lipinski definition) is 1. The number of nitrogens with one attached hydrogen (secondary N) is 1. The predicted octanol–water partition coefficient (Wildman–Crippen LogP) is 7.40. The van der Waals surface area contributed by atoms with E-state index >= 15 is 0 Å². The third-order valence-corrected chi connectivity index (χ3v) is 5.75. The lowest BCUT2D eigenvalue weighted by Crippen LogP contribution is -2.41. The molecule has 0 aromatic heterocycles. The average Bonchev–Trinajstić information content (AvgIpc) is 3.15. The van der Waals surface area contributed by atoms with Crippen LogP contribution in [-0.2, 0) is 0 Å². The van der Waals surface area contributed by atoms with Crippen molar-refractivity contribution in [3.63, 3.8) is 0 Å². The Labute approximate surface area is 177 Å². The fourth-order valence-electron chi connectivity index (χ4n) is 4.14. The van der Waals surface area contributed by atoms with Gasteiger partial charge >= 0.3 is 0 Å². The zero-order chi connectivity index (χ0) is 21.3. The molecule has 0 radical (unpaired) electrons. The van der Waals surface area contributed by atoms with Crippen molar-refractivity contribution in [2.45, 2.75) is 79.1 Å². The summed E-state index contributed by atoms with van der Waals surface area (Å²) in [6.07, 6.45) is 4.32. The number of para-hydroxylation sites is 2. The Hall–Kier alpha value is -2.26. The van der Waals surface area contributed by atoms with E-state index in [0.29, 0.717) is 23.7 Å². The molecule has 2 aromatic rings. The van der Waals surface area contributed by atoms with Gasteiger partial charge in [0.15, 0.2) is 0 Å². The first kappa shape index (κ1) is 21.4. The molecule has 1 heterocycles. The Balaban J connectivity index is 2.05. The van der Waals surface area contributed by atoms with Crippen LogP contribution in [0.5, 0.6) is 0 Å². The maximum atomic E-state index is 3.66. The fourth-order valence-corrected chi connectivity index (χ4v) is 4.14. The van der Waals surface area contributed by atoms with Gasteiger partial charge < -0.3 is 0 Å². The number of anilines is 2. The standard InChI is InChI=1S/C26H37N3/c1-17(2)21-11-9-12-22(18(3)4)25(21)28-15-16-29(27-28)26-23(19(5)6)13-10-14-24(26)20(7)8/h9-20,27H,1-8H3. The highest BCUT2D eigenvalue weighted by Gasteiger charge is 2.26. The minimum absolute atomic E-state index is 0.460. The summed E-state index contributed by atoms with van der Waals surface area (Å²) in [6, 6.07) is 13.4. The van der Waals surface area contributed by atoms with Gasteiger partial charge in [-0.2, -0.15) is 0 Å². The Kier molecular flexibility index (Phi) is 6.38. The lowest BCUT2D eigenvalue weighted by molar-refractivity contribution is 0.713. The van der Waals surface area contributed by atoms with E-state index in [9.17, 15) is 0 Å². The minimum atomic E-state index is 0.460. The van der Waals surface area contributed by atoms with E-state index < -0.39 is 0 Å². The van der Waals surface area contributed by atoms with E-state index in [1.807, 2.05) is 0 Å². The van der Waals surface area contributed by atoms with Gasteiger partial charge in [-0.05, 0) is 45.9 Å². The summed E-state index contributed by atoms with van der Waals surface area (Å²) in [4.78, 5) is 0. The van der Waals surface area contributed by atoms with Crippen molar-refractivity contribution in [2.24, 2.45) is 0 Å². The molecule has 0 aliphatic carbocycles. The summed E-state index contributed by atoms with van der Waals surface area (Å²) in [5.41, 5.74) is 11.7. The summed E-state index contributed by atoms with van der Waals surface area (Å²) >= 11 is 0. The molecule has 1 aliphatic rings. The summed E-state index contributed by atoms with van der Waals surface area (Å²) < 4.78 is 0. The molecule has 3 rings (SSSR count). The van der Waals surface area contributed by atoms with Crippen molar-refractivity contribution < 1.29 is 0 Å². The second kappa shape index (κ2) is 8.62. The third kappa shape index (κ3) is 4.20. The molecule has 3 heteroatoms. The smallest absolute Gasteiger partial charge is 0.0658 e. The number of hydrazine groups is 2. The monoisotopic (exact) mass is 391 g/mol. The molecule has 3 nitrogen and oxygen atoms in total. The second-order valence-corrected chi connectivity index (χ2v) is 9.33. The van der Waals surface area contributed by atoms with E-state index in [1.165, 1.54) is 33.6 Å². The average molecular weight is 392 g/mol. The Morgan fingerprint density at radius 2 is 0.793 bits per heavy atom. The third-order valence-electron chi connectivity index (χ3n) is 5.75. The van der Waals surface area contributed by atoms with Crippen LogP contribution in [0.1, 0.15) is 101 Å². The molecule has 0 amide bonds. The summed E-state index contributed by atoms with van der Waals surface area (Å²) in [5, 5.41) is 4.40. The maximum absolute atomic E-state index is 3.66. The van der Waals surface area contributed by atoms with E-state index in [0.717, 1.165) is 0 Å². The highest BCUT2D eigenvalue weighted by molar-refractivity contribution is 5.68. The Bertz CT molecular complexity index is 754. The topological polar surface area (TPSA) is 18.5 Å². The fraction of sp³-hybridized carbons (Fsp3) is 0.462. The van der Waals surface area contributed by atoms with Gasteiger partial charge in [-0.25, -0.2) is 0 Å². The molecule has 1 N–H and O–H groups in total. The van der Waals surface area contributed by atoms with Crippen molar-refractivity contribution in [3.8, 4) is 0 Å². The molecule has 0 saturated heterocycles. The zero-order valence-electron chi connectivity index (χ0n) is 19.3. The van der Waals surface area contributed by atoms with E-state index in [2.05, 4.69) is 120 Å². The molecule has 0 spiro atoms. The highest BCUT2D eigenvalue weighted by atomic mass is 15.8. The Morgan fingerprint density at radius 1 is 0.517 bits per heavy atom. The Morgan fingerprint density at radius 3 is 1.03 bits per heavy atom. The molecule has 0 fully saturated rings. The number of hydrogen-bond acceptors (Lipinski definition) is 3. The van der Waals surface area contributed by atoms with Crippen molar-refractivity contribution in [3.05, 3.63) is 71.1 Å². The van der Waals surface area contributed by atoms with Gasteiger partial charge in [0, 0.05) is 12.4 Å². The van der Waals surface area contributed by atoms with E-state index in [-0.39, 0.29) is 0 Å². The number of nitrogens with zero attached hydrogens (tertiary/aromatic N) is 2. The van der Waals surface area contributed by atoms with Crippen LogP contribution < -0.4 is 15.6 Å². The summed E-state index contributed by atoms with van der Waals surface area (Å²) in [6.45, 7) is 18.2. The first-order valence-corrected chi connectivity index (χ1v) is 11.0. The van der Waals surface area contributed by atoms with Crippen LogP contribution in [0.4, 0.5) is 11.4 Å². The van der Waals surface area contributed by atoms with E-state index in [1.54, 1.807) is 0 Å². The molecule has 2 aromatic carbocycles. The van der Waals surface area contributed by atoms with Crippen molar-refractivity contribution in [1.82, 2.24) is 5.53 Å². The van der Waals surface area contributed by atoms with Crippen LogP contribution in [0.3, 0.4) is 0 Å². The first-order chi connectivity index (χ1) is 13.7. The largest absolute Gasteiger partial charge is 0.264 e. The first-order valence-electron chi connectivity index (χ1n) is 11.0. The second-order valence-electron chi connectivity index (χ2n) is 9.33. The molecule has 29 heavy (non-hydrogen) atoms. The van der Waals surface area contributed by atoms with Gasteiger partial charge in [0.25, 0.3) is 0 Å². The van der Waals surface area contributed by atoms with Crippen molar-refractivity contribution in [2.75, 3.05) is 10.0 Å². The van der Waals surface area contributed by atoms with Crippen LogP contribution in [0.15, 0.2) is 48.8 Å². The SMILES string of the molecule is CC(C)c1cccc(C(C)C)c1N1C=CN(c2c(C(C)C)cccc2C(C)C)N1. The van der Waals surface area contributed by atoms with Crippen molar-refractivity contribution >= 4 is 11.4 Å². The van der Waals surface area contributed by atoms with Gasteiger partial charge in [0.1, 0.15) is 0 Å². The van der Waals surface area contributed by atoms with Crippen LogP contribution in [0.25, 0.3) is 0 Å². The highest BCUT2D eigenvalue weighted by Crippen LogP contribution is 2.39. The number of rotatable bonds is 6. The van der Waals surface area contributed by atoms with Crippen LogP contribution in [-0.4, -0.2) is 0 Å². The van der Waals surface area contributed by atoms with Gasteiger partial charge in [0.05, 0.1) is 11.4 Å². The molecule has 0 atom stereocenters. The molecule has 0 saturated carbocycles. The number of benzene rings is 2. The predicted molar refractivity (Wildman–Crippen MR) is 126 cm³/mol. The minimum Gasteiger partial charge on any atom is -0.264 e. The van der Waals surface area contributed by atoms with E-state index in [4.69, 9.17) is 0 Å². The van der Waals surface area contributed by atoms with Crippen LogP contribution >= 0.6 is 0 Å². The zero-order valence-corrected chi connectivity index (χ0v) is 19.3. The van der Waals surface area contributed by atoms with Gasteiger partial charge in [-0.15, -0.1) is 5.53 Å². The quantitative estimate of drug-likeness (QED) is 0.553. The van der Waals surface area contributed by atoms with Crippen LogP contribution in [0.2, 0.25) is 0 Å². The molecule has 156 valence electrons. The summed E-state index contributed by atoms with van der Waals surface area (Å²) in [7, 11) is 0.